The smallest absolute Gasteiger partial charge is 0.137 e. The maximum Gasteiger partial charge on any atom is 0.137 e. The van der Waals surface area contributed by atoms with Gasteiger partial charge in [0.05, 0.1) is 0 Å². The number of pyridine rings is 1. The quantitative estimate of drug-likeness (QED) is 0.713. The van der Waals surface area contributed by atoms with Gasteiger partial charge in [-0.25, -0.2) is 9.37 Å². The molecule has 0 saturated carbocycles. The number of aromatic amines is 1. The maximum absolute atomic E-state index is 13.5. The second-order valence-electron chi connectivity index (χ2n) is 3.90. The minimum Gasteiger partial charge on any atom is -0.346 e. The monoisotopic (exact) mass is 225 g/mol. The molecule has 0 atom stereocenters. The molecule has 0 fully saturated rings. The molecule has 0 spiro atoms. The van der Waals surface area contributed by atoms with E-state index in [1.165, 1.54) is 0 Å². The molecule has 0 unspecified atom stereocenters. The highest BCUT2D eigenvalue weighted by Gasteiger charge is 2.07. The molecule has 3 heteroatoms. The highest BCUT2D eigenvalue weighted by molar-refractivity contribution is 5.79. The van der Waals surface area contributed by atoms with Gasteiger partial charge in [0.15, 0.2) is 0 Å². The molecule has 2 aromatic heterocycles. The molecule has 17 heavy (non-hydrogen) atoms. The third-order valence-corrected chi connectivity index (χ3v) is 2.80. The summed E-state index contributed by atoms with van der Waals surface area (Å²) < 4.78 is 13.5. The largest absolute Gasteiger partial charge is 0.346 e. The van der Waals surface area contributed by atoms with Crippen molar-refractivity contribution in [1.82, 2.24) is 9.97 Å². The molecular formula is C14H10FN2. The van der Waals surface area contributed by atoms with Crippen LogP contribution >= 0.6 is 0 Å². The molecular weight excluding hydrogens is 215 g/mol. The highest BCUT2D eigenvalue weighted by Crippen LogP contribution is 2.20. The predicted octanol–water partition coefficient (Wildman–Crippen LogP) is 3.09. The zero-order valence-electron chi connectivity index (χ0n) is 9.07. The van der Waals surface area contributed by atoms with Gasteiger partial charge in [0.25, 0.3) is 0 Å². The van der Waals surface area contributed by atoms with Crippen molar-refractivity contribution in [3.05, 3.63) is 65.7 Å². The average molecular weight is 225 g/mol. The third kappa shape index (κ3) is 1.80. The van der Waals surface area contributed by atoms with Gasteiger partial charge >= 0.3 is 0 Å². The molecule has 1 N–H and O–H groups in total. The van der Waals surface area contributed by atoms with Gasteiger partial charge in [-0.1, -0.05) is 18.2 Å². The Labute approximate surface area is 98.1 Å². The first-order valence-electron chi connectivity index (χ1n) is 5.40. The van der Waals surface area contributed by atoms with E-state index in [-0.39, 0.29) is 5.82 Å². The zero-order valence-corrected chi connectivity index (χ0v) is 9.07. The summed E-state index contributed by atoms with van der Waals surface area (Å²) in [5.41, 5.74) is 2.53. The van der Waals surface area contributed by atoms with E-state index < -0.39 is 0 Å². The SMILES string of the molecule is Fc1[c]cccc1Cc1c[nH]c2ncccc12. The number of nitrogens with one attached hydrogen (secondary N) is 1. The zero-order chi connectivity index (χ0) is 11.7. The van der Waals surface area contributed by atoms with E-state index in [2.05, 4.69) is 16.0 Å². The van der Waals surface area contributed by atoms with Crippen LogP contribution in [0.4, 0.5) is 4.39 Å². The summed E-state index contributed by atoms with van der Waals surface area (Å²) in [6, 6.07) is 11.6. The van der Waals surface area contributed by atoms with Crippen LogP contribution < -0.4 is 0 Å². The average Bonchev–Trinajstić information content (AvgIpc) is 2.76. The summed E-state index contributed by atoms with van der Waals surface area (Å²) in [4.78, 5) is 7.29. The normalized spacial score (nSPS) is 10.9. The lowest BCUT2D eigenvalue weighted by Crippen LogP contribution is -1.91. The number of H-pyrrole nitrogens is 1. The second kappa shape index (κ2) is 4.01. The Balaban J connectivity index is 2.03. The van der Waals surface area contributed by atoms with Crippen LogP contribution in [0.2, 0.25) is 0 Å². The van der Waals surface area contributed by atoms with Crippen molar-refractivity contribution in [2.24, 2.45) is 0 Å². The minimum absolute atomic E-state index is 0.286. The Hall–Kier alpha value is -2.16. The van der Waals surface area contributed by atoms with Crippen LogP contribution in [-0.4, -0.2) is 9.97 Å². The number of rotatable bonds is 2. The Kier molecular flexibility index (Phi) is 2.37. The van der Waals surface area contributed by atoms with E-state index in [9.17, 15) is 4.39 Å². The topological polar surface area (TPSA) is 28.7 Å². The molecule has 0 bridgehead atoms. The van der Waals surface area contributed by atoms with Crippen LogP contribution in [-0.2, 0) is 6.42 Å². The molecule has 0 aliphatic heterocycles. The van der Waals surface area contributed by atoms with E-state index in [0.717, 1.165) is 16.6 Å². The van der Waals surface area contributed by atoms with Gasteiger partial charge in [0, 0.05) is 30.3 Å². The Bertz CT molecular complexity index is 658. The van der Waals surface area contributed by atoms with E-state index in [1.54, 1.807) is 24.4 Å². The summed E-state index contributed by atoms with van der Waals surface area (Å²) >= 11 is 0. The molecule has 0 aliphatic rings. The Morgan fingerprint density at radius 2 is 2.18 bits per heavy atom. The fourth-order valence-electron chi connectivity index (χ4n) is 1.95. The summed E-state index contributed by atoms with van der Waals surface area (Å²) in [6.07, 6.45) is 4.17. The molecule has 0 amide bonds. The first kappa shape index (κ1) is 10.0. The predicted molar refractivity (Wildman–Crippen MR) is 64.1 cm³/mol. The lowest BCUT2D eigenvalue weighted by molar-refractivity contribution is 0.612. The molecule has 2 heterocycles. The van der Waals surface area contributed by atoms with Crippen LogP contribution in [0.1, 0.15) is 11.1 Å². The third-order valence-electron chi connectivity index (χ3n) is 2.80. The maximum atomic E-state index is 13.5. The first-order valence-corrected chi connectivity index (χ1v) is 5.40. The number of hydrogen-bond donors (Lipinski definition) is 1. The van der Waals surface area contributed by atoms with Gasteiger partial charge in [-0.2, -0.15) is 0 Å². The minimum atomic E-state index is -0.286. The summed E-state index contributed by atoms with van der Waals surface area (Å²) in [7, 11) is 0. The van der Waals surface area contributed by atoms with Gasteiger partial charge in [-0.05, 0) is 23.3 Å². The fourth-order valence-corrected chi connectivity index (χ4v) is 1.95. The van der Waals surface area contributed by atoms with E-state index in [4.69, 9.17) is 0 Å². The van der Waals surface area contributed by atoms with Crippen molar-refractivity contribution in [2.75, 3.05) is 0 Å². The molecule has 83 valence electrons. The summed E-state index contributed by atoms with van der Waals surface area (Å²) in [6.45, 7) is 0. The number of hydrogen-bond acceptors (Lipinski definition) is 1. The molecule has 1 radical (unpaired) electrons. The van der Waals surface area contributed by atoms with Crippen molar-refractivity contribution < 1.29 is 4.39 Å². The number of halogens is 1. The van der Waals surface area contributed by atoms with E-state index >= 15 is 0 Å². The van der Waals surface area contributed by atoms with Gasteiger partial charge in [0.2, 0.25) is 0 Å². The van der Waals surface area contributed by atoms with Crippen LogP contribution in [0, 0.1) is 11.9 Å². The number of aromatic nitrogens is 2. The van der Waals surface area contributed by atoms with Crippen LogP contribution in [0.5, 0.6) is 0 Å². The van der Waals surface area contributed by atoms with E-state index in [1.807, 2.05) is 18.3 Å². The molecule has 0 aliphatic carbocycles. The standard InChI is InChI=1S/C14H10FN2/c15-13-6-2-1-4-10(13)8-11-9-17-14-12(11)5-3-7-16-14/h1-5,7,9H,8H2,(H,16,17). The first-order chi connectivity index (χ1) is 8.34. The van der Waals surface area contributed by atoms with Gasteiger partial charge in [-0.3, -0.25) is 0 Å². The fraction of sp³-hybridized carbons (Fsp3) is 0.0714. The number of benzene rings is 1. The van der Waals surface area contributed by atoms with Crippen LogP contribution in [0.25, 0.3) is 11.0 Å². The van der Waals surface area contributed by atoms with Crippen molar-refractivity contribution in [2.45, 2.75) is 6.42 Å². The van der Waals surface area contributed by atoms with Crippen molar-refractivity contribution in [3.8, 4) is 0 Å². The molecule has 2 nitrogen and oxygen atoms in total. The molecule has 3 aromatic rings. The summed E-state index contributed by atoms with van der Waals surface area (Å²) in [5, 5.41) is 1.04. The molecule has 3 rings (SSSR count). The van der Waals surface area contributed by atoms with Gasteiger partial charge in [0.1, 0.15) is 11.5 Å². The Morgan fingerprint density at radius 3 is 3.06 bits per heavy atom. The van der Waals surface area contributed by atoms with Gasteiger partial charge < -0.3 is 4.98 Å². The summed E-state index contributed by atoms with van der Waals surface area (Å²) in [5.74, 6) is -0.286. The van der Waals surface area contributed by atoms with Crippen LogP contribution in [0.15, 0.2) is 42.7 Å². The Morgan fingerprint density at radius 1 is 1.24 bits per heavy atom. The number of nitrogens with zero attached hydrogens (tertiary/aromatic N) is 1. The van der Waals surface area contributed by atoms with Crippen molar-refractivity contribution >= 4 is 11.0 Å². The molecule has 1 aromatic carbocycles. The van der Waals surface area contributed by atoms with Crippen molar-refractivity contribution in [1.29, 1.82) is 0 Å². The lowest BCUT2D eigenvalue weighted by Gasteiger charge is -2.01. The molecule has 0 saturated heterocycles. The van der Waals surface area contributed by atoms with Crippen LogP contribution in [0.3, 0.4) is 0 Å². The lowest BCUT2D eigenvalue weighted by atomic mass is 10.0. The second-order valence-corrected chi connectivity index (χ2v) is 3.90. The highest BCUT2D eigenvalue weighted by atomic mass is 19.1. The van der Waals surface area contributed by atoms with E-state index in [0.29, 0.717) is 12.0 Å². The van der Waals surface area contributed by atoms with Crippen molar-refractivity contribution in [3.63, 3.8) is 0 Å². The van der Waals surface area contributed by atoms with Gasteiger partial charge in [-0.15, -0.1) is 0 Å². The number of fused-ring (bicyclic) bond motifs is 1.